The summed E-state index contributed by atoms with van der Waals surface area (Å²) >= 11 is 0. The molecule has 2 heterocycles. The lowest BCUT2D eigenvalue weighted by Gasteiger charge is -2.34. The van der Waals surface area contributed by atoms with Gasteiger partial charge in [0.25, 0.3) is 0 Å². The zero-order valence-electron chi connectivity index (χ0n) is 14.5. The lowest BCUT2D eigenvalue weighted by molar-refractivity contribution is -0.117. The normalized spacial score (nSPS) is 15.0. The van der Waals surface area contributed by atoms with E-state index in [1.54, 1.807) is 0 Å². The van der Waals surface area contributed by atoms with Gasteiger partial charge in [-0.25, -0.2) is 4.98 Å². The topological polar surface area (TPSA) is 57.7 Å². The molecule has 0 bridgehead atoms. The number of anilines is 2. The van der Waals surface area contributed by atoms with E-state index in [1.807, 2.05) is 55.6 Å². The Balaban J connectivity index is 1.44. The van der Waals surface area contributed by atoms with Crippen LogP contribution in [0.15, 0.2) is 48.7 Å². The maximum absolute atomic E-state index is 12.2. The molecule has 1 saturated heterocycles. The first-order chi connectivity index (χ1) is 12.2. The van der Waals surface area contributed by atoms with Crippen LogP contribution in [0.1, 0.15) is 6.92 Å². The minimum absolute atomic E-state index is 0.00967. The first-order valence-corrected chi connectivity index (χ1v) is 8.65. The first kappa shape index (κ1) is 17.2. The number of amides is 1. The van der Waals surface area contributed by atoms with Gasteiger partial charge in [0, 0.05) is 38.1 Å². The molecule has 1 aliphatic rings. The fourth-order valence-electron chi connectivity index (χ4n) is 2.88. The van der Waals surface area contributed by atoms with Gasteiger partial charge in [-0.3, -0.25) is 9.69 Å². The number of hydrogen-bond acceptors (Lipinski definition) is 5. The number of carbonyl (C=O) groups is 1. The zero-order valence-corrected chi connectivity index (χ0v) is 14.5. The van der Waals surface area contributed by atoms with Crippen LogP contribution in [-0.4, -0.2) is 55.1 Å². The molecule has 25 heavy (non-hydrogen) atoms. The third-order valence-electron chi connectivity index (χ3n) is 4.16. The Hall–Kier alpha value is -2.60. The molecule has 0 unspecified atom stereocenters. The minimum atomic E-state index is 0.00967. The first-order valence-electron chi connectivity index (χ1n) is 8.65. The van der Waals surface area contributed by atoms with Crippen LogP contribution < -0.4 is 15.0 Å². The van der Waals surface area contributed by atoms with Gasteiger partial charge in [0.2, 0.25) is 5.91 Å². The highest BCUT2D eigenvalue weighted by Gasteiger charge is 2.19. The van der Waals surface area contributed by atoms with Crippen molar-refractivity contribution in [1.29, 1.82) is 0 Å². The number of aromatic nitrogens is 1. The van der Waals surface area contributed by atoms with Gasteiger partial charge in [-0.05, 0) is 43.3 Å². The van der Waals surface area contributed by atoms with Crippen molar-refractivity contribution in [1.82, 2.24) is 9.88 Å². The minimum Gasteiger partial charge on any atom is -0.494 e. The second-order valence-electron chi connectivity index (χ2n) is 5.96. The molecule has 2 aromatic rings. The summed E-state index contributed by atoms with van der Waals surface area (Å²) < 4.78 is 5.40. The molecule has 6 nitrogen and oxygen atoms in total. The molecule has 3 rings (SSSR count). The van der Waals surface area contributed by atoms with Gasteiger partial charge in [0.1, 0.15) is 11.6 Å². The lowest BCUT2D eigenvalue weighted by Crippen LogP contribution is -2.48. The van der Waals surface area contributed by atoms with Crippen LogP contribution in [0.25, 0.3) is 0 Å². The number of pyridine rings is 1. The predicted octanol–water partition coefficient (Wildman–Crippen LogP) is 2.24. The fourth-order valence-corrected chi connectivity index (χ4v) is 2.88. The largest absolute Gasteiger partial charge is 0.494 e. The number of benzene rings is 1. The van der Waals surface area contributed by atoms with Crippen LogP contribution in [0.4, 0.5) is 11.5 Å². The Bertz CT molecular complexity index is 668. The van der Waals surface area contributed by atoms with Crippen molar-refractivity contribution in [2.24, 2.45) is 0 Å². The standard InChI is InChI=1S/C19H24N4O2/c1-2-25-17-8-6-16(7-9-17)21-19(24)15-22-11-13-23(14-12-22)18-5-3-4-10-20-18/h3-10H,2,11-15H2,1H3,(H,21,24). The summed E-state index contributed by atoms with van der Waals surface area (Å²) in [5.41, 5.74) is 0.792. The Morgan fingerprint density at radius 1 is 1.12 bits per heavy atom. The molecule has 0 atom stereocenters. The summed E-state index contributed by atoms with van der Waals surface area (Å²) in [5, 5.41) is 2.94. The van der Waals surface area contributed by atoms with Crippen molar-refractivity contribution in [2.75, 3.05) is 49.5 Å². The van der Waals surface area contributed by atoms with Crippen molar-refractivity contribution in [3.8, 4) is 5.75 Å². The van der Waals surface area contributed by atoms with E-state index in [0.29, 0.717) is 13.2 Å². The average Bonchev–Trinajstić information content (AvgIpc) is 2.65. The fraction of sp³-hybridized carbons (Fsp3) is 0.368. The molecule has 1 aliphatic heterocycles. The Kier molecular flexibility index (Phi) is 5.85. The molecule has 1 fully saturated rings. The Morgan fingerprint density at radius 3 is 2.52 bits per heavy atom. The van der Waals surface area contributed by atoms with Crippen molar-refractivity contribution >= 4 is 17.4 Å². The summed E-state index contributed by atoms with van der Waals surface area (Å²) in [6, 6.07) is 13.4. The average molecular weight is 340 g/mol. The zero-order chi connectivity index (χ0) is 17.5. The third kappa shape index (κ3) is 4.93. The second kappa shape index (κ2) is 8.48. The van der Waals surface area contributed by atoms with Crippen LogP contribution in [0, 0.1) is 0 Å². The summed E-state index contributed by atoms with van der Waals surface area (Å²) in [6.45, 7) is 6.46. The quantitative estimate of drug-likeness (QED) is 0.874. The monoisotopic (exact) mass is 340 g/mol. The van der Waals surface area contributed by atoms with Crippen molar-refractivity contribution in [2.45, 2.75) is 6.92 Å². The molecule has 132 valence electrons. The molecule has 1 aromatic carbocycles. The molecule has 0 saturated carbocycles. The highest BCUT2D eigenvalue weighted by Crippen LogP contribution is 2.16. The van der Waals surface area contributed by atoms with E-state index in [9.17, 15) is 4.79 Å². The number of nitrogens with one attached hydrogen (secondary N) is 1. The second-order valence-corrected chi connectivity index (χ2v) is 5.96. The van der Waals surface area contributed by atoms with Crippen molar-refractivity contribution in [3.63, 3.8) is 0 Å². The molecular weight excluding hydrogens is 316 g/mol. The number of carbonyl (C=O) groups excluding carboxylic acids is 1. The summed E-state index contributed by atoms with van der Waals surface area (Å²) in [7, 11) is 0. The van der Waals surface area contributed by atoms with E-state index in [-0.39, 0.29) is 5.91 Å². The van der Waals surface area contributed by atoms with E-state index in [1.165, 1.54) is 0 Å². The highest BCUT2D eigenvalue weighted by atomic mass is 16.5. The van der Waals surface area contributed by atoms with Crippen LogP contribution in [0.5, 0.6) is 5.75 Å². The van der Waals surface area contributed by atoms with E-state index < -0.39 is 0 Å². The van der Waals surface area contributed by atoms with Crippen LogP contribution >= 0.6 is 0 Å². The number of rotatable bonds is 6. The van der Waals surface area contributed by atoms with Gasteiger partial charge >= 0.3 is 0 Å². The molecule has 6 heteroatoms. The molecule has 1 amide bonds. The van der Waals surface area contributed by atoms with Gasteiger partial charge in [0.15, 0.2) is 0 Å². The SMILES string of the molecule is CCOc1ccc(NC(=O)CN2CCN(c3ccccn3)CC2)cc1. The van der Waals surface area contributed by atoms with E-state index in [2.05, 4.69) is 20.1 Å². The smallest absolute Gasteiger partial charge is 0.238 e. The van der Waals surface area contributed by atoms with Gasteiger partial charge < -0.3 is 15.0 Å². The lowest BCUT2D eigenvalue weighted by atomic mass is 10.2. The van der Waals surface area contributed by atoms with Crippen LogP contribution in [-0.2, 0) is 4.79 Å². The van der Waals surface area contributed by atoms with E-state index in [0.717, 1.165) is 43.4 Å². The molecule has 0 radical (unpaired) electrons. The van der Waals surface area contributed by atoms with Gasteiger partial charge in [-0.1, -0.05) is 6.07 Å². The van der Waals surface area contributed by atoms with Crippen molar-refractivity contribution < 1.29 is 9.53 Å². The third-order valence-corrected chi connectivity index (χ3v) is 4.16. The molecule has 0 spiro atoms. The van der Waals surface area contributed by atoms with E-state index >= 15 is 0 Å². The van der Waals surface area contributed by atoms with Crippen LogP contribution in [0.2, 0.25) is 0 Å². The predicted molar refractivity (Wildman–Crippen MR) is 99.1 cm³/mol. The van der Waals surface area contributed by atoms with Gasteiger partial charge in [-0.2, -0.15) is 0 Å². The number of nitrogens with zero attached hydrogens (tertiary/aromatic N) is 3. The van der Waals surface area contributed by atoms with Crippen LogP contribution in [0.3, 0.4) is 0 Å². The maximum Gasteiger partial charge on any atom is 0.238 e. The summed E-state index contributed by atoms with van der Waals surface area (Å²) in [4.78, 5) is 21.0. The highest BCUT2D eigenvalue weighted by molar-refractivity contribution is 5.92. The van der Waals surface area contributed by atoms with Gasteiger partial charge in [-0.15, -0.1) is 0 Å². The summed E-state index contributed by atoms with van der Waals surface area (Å²) in [5.74, 6) is 1.82. The maximum atomic E-state index is 12.2. The number of hydrogen-bond donors (Lipinski definition) is 1. The number of ether oxygens (including phenoxy) is 1. The molecular formula is C19H24N4O2. The molecule has 1 aromatic heterocycles. The Labute approximate surface area is 148 Å². The molecule has 1 N–H and O–H groups in total. The van der Waals surface area contributed by atoms with Crippen molar-refractivity contribution in [3.05, 3.63) is 48.7 Å². The number of piperazine rings is 1. The Morgan fingerprint density at radius 2 is 1.88 bits per heavy atom. The molecule has 0 aliphatic carbocycles. The summed E-state index contributed by atoms with van der Waals surface area (Å²) in [6.07, 6.45) is 1.81. The van der Waals surface area contributed by atoms with Gasteiger partial charge in [0.05, 0.1) is 13.2 Å². The van der Waals surface area contributed by atoms with E-state index in [4.69, 9.17) is 4.74 Å².